The van der Waals surface area contributed by atoms with E-state index >= 15 is 0 Å². The van der Waals surface area contributed by atoms with Crippen molar-refractivity contribution in [1.29, 1.82) is 0 Å². The fourth-order valence-corrected chi connectivity index (χ4v) is 3.49. The van der Waals surface area contributed by atoms with Gasteiger partial charge in [-0.1, -0.05) is 0 Å². The average molecular weight is 379 g/mol. The van der Waals surface area contributed by atoms with Crippen LogP contribution in [0.2, 0.25) is 0 Å². The molecule has 4 rings (SSSR count). The van der Waals surface area contributed by atoms with Crippen molar-refractivity contribution in [3.05, 3.63) is 41.2 Å². The van der Waals surface area contributed by atoms with Crippen molar-refractivity contribution in [1.82, 2.24) is 19.6 Å². The first-order valence-electron chi connectivity index (χ1n) is 9.11. The van der Waals surface area contributed by atoms with Crippen LogP contribution in [0.4, 0.5) is 17.3 Å². The molecule has 3 heterocycles. The number of nitrogens with one attached hydrogen (secondary N) is 1. The van der Waals surface area contributed by atoms with E-state index in [0.717, 1.165) is 35.6 Å². The van der Waals surface area contributed by atoms with Gasteiger partial charge >= 0.3 is 0 Å². The summed E-state index contributed by atoms with van der Waals surface area (Å²) in [5, 5.41) is 7.00. The quantitative estimate of drug-likeness (QED) is 0.711. The number of hydrogen-bond acceptors (Lipinski definition) is 6. The zero-order valence-corrected chi connectivity index (χ0v) is 15.8. The van der Waals surface area contributed by atoms with Crippen LogP contribution in [-0.4, -0.2) is 37.9 Å². The van der Waals surface area contributed by atoms with Gasteiger partial charge in [-0.2, -0.15) is 9.50 Å². The second kappa shape index (κ2) is 6.91. The Labute approximate surface area is 161 Å². The Balaban J connectivity index is 1.49. The number of benzene rings is 1. The first-order chi connectivity index (χ1) is 13.4. The van der Waals surface area contributed by atoms with Crippen molar-refractivity contribution in [2.45, 2.75) is 33.1 Å². The third-order valence-corrected chi connectivity index (χ3v) is 4.94. The minimum absolute atomic E-state index is 0.138. The highest BCUT2D eigenvalue weighted by molar-refractivity contribution is 5.96. The zero-order chi connectivity index (χ0) is 19.8. The molecule has 0 atom stereocenters. The maximum Gasteiger partial charge on any atom is 0.254 e. The van der Waals surface area contributed by atoms with Crippen molar-refractivity contribution in [3.8, 4) is 0 Å². The molecular weight excluding hydrogens is 358 g/mol. The van der Waals surface area contributed by atoms with Gasteiger partial charge in [-0.3, -0.25) is 9.59 Å². The van der Waals surface area contributed by atoms with E-state index in [9.17, 15) is 9.59 Å². The van der Waals surface area contributed by atoms with E-state index in [1.165, 1.54) is 0 Å². The molecule has 3 aromatic rings. The van der Waals surface area contributed by atoms with Crippen LogP contribution < -0.4 is 16.0 Å². The predicted octanol–water partition coefficient (Wildman–Crippen LogP) is 1.63. The van der Waals surface area contributed by atoms with Gasteiger partial charge in [-0.25, -0.2) is 4.98 Å². The number of rotatable bonds is 4. The van der Waals surface area contributed by atoms with Gasteiger partial charge in [0.25, 0.3) is 5.78 Å². The number of carbonyl (C=O) groups is 2. The van der Waals surface area contributed by atoms with Crippen molar-refractivity contribution in [2.24, 2.45) is 0 Å². The number of nitrogens with zero attached hydrogens (tertiary/aromatic N) is 5. The van der Waals surface area contributed by atoms with Gasteiger partial charge < -0.3 is 16.0 Å². The highest BCUT2D eigenvalue weighted by Crippen LogP contribution is 2.23. The molecule has 0 saturated carbocycles. The lowest BCUT2D eigenvalue weighted by molar-refractivity contribution is -0.117. The summed E-state index contributed by atoms with van der Waals surface area (Å²) in [6.07, 6.45) is 1.63. The zero-order valence-electron chi connectivity index (χ0n) is 15.8. The third-order valence-electron chi connectivity index (χ3n) is 4.94. The van der Waals surface area contributed by atoms with Gasteiger partial charge in [-0.15, -0.1) is 5.10 Å². The first-order valence-corrected chi connectivity index (χ1v) is 9.11. The molecule has 1 aliphatic heterocycles. The lowest BCUT2D eigenvalue weighted by atomic mass is 10.1. The highest BCUT2D eigenvalue weighted by Gasteiger charge is 2.21. The van der Waals surface area contributed by atoms with Crippen LogP contribution in [0, 0.1) is 13.8 Å². The molecule has 0 aliphatic carbocycles. The molecule has 2 aromatic heterocycles. The molecule has 28 heavy (non-hydrogen) atoms. The lowest BCUT2D eigenvalue weighted by Gasteiger charge is -2.16. The lowest BCUT2D eigenvalue weighted by Crippen LogP contribution is -2.23. The van der Waals surface area contributed by atoms with E-state index in [1.807, 2.05) is 26.0 Å². The maximum absolute atomic E-state index is 12.5. The SMILES string of the molecule is Cc1nc2nc(N)nn2c(C)c1CC(=O)Nc1ccc(N2CCCC2=O)cc1. The normalized spacial score (nSPS) is 14.1. The molecule has 9 heteroatoms. The molecule has 1 aromatic carbocycles. The molecule has 9 nitrogen and oxygen atoms in total. The molecular formula is C19H21N7O2. The number of aromatic nitrogens is 4. The Morgan fingerprint density at radius 3 is 2.64 bits per heavy atom. The Morgan fingerprint density at radius 2 is 1.96 bits per heavy atom. The Kier molecular flexibility index (Phi) is 4.42. The van der Waals surface area contributed by atoms with Crippen LogP contribution >= 0.6 is 0 Å². The number of nitrogen functional groups attached to an aromatic ring is 1. The number of nitrogens with two attached hydrogens (primary N) is 1. The summed E-state index contributed by atoms with van der Waals surface area (Å²) in [6.45, 7) is 4.44. The summed E-state index contributed by atoms with van der Waals surface area (Å²) in [4.78, 5) is 34.6. The van der Waals surface area contributed by atoms with Gasteiger partial charge in [0.15, 0.2) is 0 Å². The van der Waals surface area contributed by atoms with E-state index < -0.39 is 0 Å². The Bertz CT molecular complexity index is 1070. The van der Waals surface area contributed by atoms with Crippen molar-refractivity contribution >= 4 is 34.9 Å². The van der Waals surface area contributed by atoms with E-state index in [0.29, 0.717) is 17.9 Å². The summed E-state index contributed by atoms with van der Waals surface area (Å²) in [7, 11) is 0. The molecule has 1 aliphatic rings. The van der Waals surface area contributed by atoms with Crippen LogP contribution in [0.5, 0.6) is 0 Å². The summed E-state index contributed by atoms with van der Waals surface area (Å²) < 4.78 is 1.55. The summed E-state index contributed by atoms with van der Waals surface area (Å²) in [6, 6.07) is 7.30. The minimum atomic E-state index is -0.162. The summed E-state index contributed by atoms with van der Waals surface area (Å²) >= 11 is 0. The molecule has 1 fully saturated rings. The molecule has 1 saturated heterocycles. The minimum Gasteiger partial charge on any atom is -0.366 e. The smallest absolute Gasteiger partial charge is 0.254 e. The molecule has 0 bridgehead atoms. The van der Waals surface area contributed by atoms with Crippen LogP contribution in [0.1, 0.15) is 29.8 Å². The molecule has 144 valence electrons. The molecule has 3 N–H and O–H groups in total. The monoisotopic (exact) mass is 379 g/mol. The van der Waals surface area contributed by atoms with Gasteiger partial charge in [0.1, 0.15) is 0 Å². The first kappa shape index (κ1) is 17.9. The van der Waals surface area contributed by atoms with Crippen molar-refractivity contribution < 1.29 is 9.59 Å². The molecule has 0 radical (unpaired) electrons. The van der Waals surface area contributed by atoms with Gasteiger partial charge in [0.05, 0.1) is 6.42 Å². The molecule has 2 amide bonds. The van der Waals surface area contributed by atoms with Gasteiger partial charge in [-0.05, 0) is 44.5 Å². The van der Waals surface area contributed by atoms with Crippen LogP contribution in [0.15, 0.2) is 24.3 Å². The molecule has 0 unspecified atom stereocenters. The van der Waals surface area contributed by atoms with E-state index in [4.69, 9.17) is 5.73 Å². The number of anilines is 3. The van der Waals surface area contributed by atoms with E-state index in [2.05, 4.69) is 20.4 Å². The number of carbonyl (C=O) groups excluding carboxylic acids is 2. The topological polar surface area (TPSA) is 119 Å². The fourth-order valence-electron chi connectivity index (χ4n) is 3.49. The van der Waals surface area contributed by atoms with Crippen LogP contribution in [0.25, 0.3) is 5.78 Å². The largest absolute Gasteiger partial charge is 0.366 e. The van der Waals surface area contributed by atoms with Gasteiger partial charge in [0, 0.05) is 41.3 Å². The number of amides is 2. The second-order valence-corrected chi connectivity index (χ2v) is 6.86. The standard InChI is InChI=1S/C19H21N7O2/c1-11-15(12(2)26-19(21-11)23-18(20)24-26)10-16(27)22-13-5-7-14(8-6-13)25-9-3-4-17(25)28/h5-8H,3-4,9-10H2,1-2H3,(H2,20,24)(H,22,27). The van der Waals surface area contributed by atoms with Crippen molar-refractivity contribution in [3.63, 3.8) is 0 Å². The highest BCUT2D eigenvalue weighted by atomic mass is 16.2. The molecule has 0 spiro atoms. The average Bonchev–Trinajstić information content (AvgIpc) is 3.24. The summed E-state index contributed by atoms with van der Waals surface area (Å²) in [5.41, 5.74) is 9.46. The van der Waals surface area contributed by atoms with Crippen LogP contribution in [0.3, 0.4) is 0 Å². The fraction of sp³-hybridized carbons (Fsp3) is 0.316. The number of aryl methyl sites for hydroxylation is 2. The number of fused-ring (bicyclic) bond motifs is 1. The maximum atomic E-state index is 12.5. The van der Waals surface area contributed by atoms with Gasteiger partial charge in [0.2, 0.25) is 17.8 Å². The van der Waals surface area contributed by atoms with E-state index in [-0.39, 0.29) is 24.2 Å². The number of hydrogen-bond donors (Lipinski definition) is 2. The van der Waals surface area contributed by atoms with Crippen molar-refractivity contribution in [2.75, 3.05) is 22.5 Å². The Hall–Kier alpha value is -3.49. The summed E-state index contributed by atoms with van der Waals surface area (Å²) in [5.74, 6) is 0.543. The third kappa shape index (κ3) is 3.26. The Morgan fingerprint density at radius 1 is 1.21 bits per heavy atom. The predicted molar refractivity (Wildman–Crippen MR) is 105 cm³/mol. The van der Waals surface area contributed by atoms with Crippen LogP contribution in [-0.2, 0) is 16.0 Å². The second-order valence-electron chi connectivity index (χ2n) is 6.86. The van der Waals surface area contributed by atoms with E-state index in [1.54, 1.807) is 21.5 Å².